The molecule has 1 N–H and O–H groups in total. The van der Waals surface area contributed by atoms with Crippen LogP contribution in [0.2, 0.25) is 0 Å². The van der Waals surface area contributed by atoms with Crippen molar-refractivity contribution in [2.45, 2.75) is 11.8 Å². The third-order valence-electron chi connectivity index (χ3n) is 6.19. The molecule has 0 saturated carbocycles. The van der Waals surface area contributed by atoms with E-state index in [1.165, 1.54) is 0 Å². The summed E-state index contributed by atoms with van der Waals surface area (Å²) in [7, 11) is 6.27. The molecule has 1 aliphatic rings. The molecule has 3 aromatic rings. The number of benzene rings is 3. The molecule has 0 amide bonds. The number of ether oxygens (including phenoxy) is 4. The highest BCUT2D eigenvalue weighted by molar-refractivity contribution is 5.78. The first-order valence-corrected chi connectivity index (χ1v) is 10.3. The molecule has 0 fully saturated rings. The van der Waals surface area contributed by atoms with Gasteiger partial charge in [0.2, 0.25) is 5.75 Å². The number of rotatable bonds is 7. The lowest BCUT2D eigenvalue weighted by atomic mass is 9.79. The number of methoxy groups -OCH3 is 4. The Morgan fingerprint density at radius 3 is 1.69 bits per heavy atom. The fourth-order valence-electron chi connectivity index (χ4n) is 4.81. The smallest absolute Gasteiger partial charge is 0.308 e. The van der Waals surface area contributed by atoms with E-state index in [1.54, 1.807) is 28.4 Å². The molecule has 0 saturated heterocycles. The molecule has 0 aliphatic heterocycles. The van der Waals surface area contributed by atoms with Crippen molar-refractivity contribution in [1.29, 1.82) is 0 Å². The predicted molar refractivity (Wildman–Crippen MR) is 120 cm³/mol. The number of carboxylic acid groups (broad SMARTS) is 1. The highest BCUT2D eigenvalue weighted by Gasteiger charge is 2.46. The lowest BCUT2D eigenvalue weighted by molar-refractivity contribution is -0.142. The van der Waals surface area contributed by atoms with Crippen LogP contribution in [0, 0.1) is 5.92 Å². The second-order valence-electron chi connectivity index (χ2n) is 7.68. The fourth-order valence-corrected chi connectivity index (χ4v) is 4.81. The summed E-state index contributed by atoms with van der Waals surface area (Å²) in [4.78, 5) is 12.7. The quantitative estimate of drug-likeness (QED) is 0.581. The van der Waals surface area contributed by atoms with Crippen molar-refractivity contribution >= 4 is 5.97 Å². The lowest BCUT2D eigenvalue weighted by Crippen LogP contribution is -2.24. The van der Waals surface area contributed by atoms with Gasteiger partial charge in [-0.25, -0.2) is 0 Å². The van der Waals surface area contributed by atoms with Crippen LogP contribution in [0.4, 0.5) is 0 Å². The molecule has 3 unspecified atom stereocenters. The number of hydrogen-bond donors (Lipinski definition) is 1. The number of hydrogen-bond acceptors (Lipinski definition) is 5. The summed E-state index contributed by atoms with van der Waals surface area (Å²) in [5.41, 5.74) is 3.72. The summed E-state index contributed by atoms with van der Waals surface area (Å²) in [6, 6.07) is 19.2. The molecule has 0 spiro atoms. The first-order valence-electron chi connectivity index (χ1n) is 10.3. The van der Waals surface area contributed by atoms with E-state index in [9.17, 15) is 9.90 Å². The van der Waals surface area contributed by atoms with Crippen LogP contribution in [0.15, 0.2) is 60.7 Å². The highest BCUT2D eigenvalue weighted by atomic mass is 16.5. The molecule has 0 heterocycles. The minimum Gasteiger partial charge on any atom is -0.497 e. The second kappa shape index (κ2) is 8.83. The van der Waals surface area contributed by atoms with E-state index in [1.807, 2.05) is 60.7 Å². The fraction of sp³-hybridized carbons (Fsp3) is 0.269. The van der Waals surface area contributed by atoms with Crippen LogP contribution in [0.5, 0.6) is 23.0 Å². The molecule has 0 aromatic heterocycles. The van der Waals surface area contributed by atoms with Crippen molar-refractivity contribution in [2.75, 3.05) is 28.4 Å². The van der Waals surface area contributed by atoms with Gasteiger partial charge in [-0.05, 0) is 46.5 Å². The Morgan fingerprint density at radius 1 is 0.719 bits per heavy atom. The zero-order chi connectivity index (χ0) is 22.8. The van der Waals surface area contributed by atoms with E-state index in [4.69, 9.17) is 18.9 Å². The normalized spacial score (nSPS) is 19.2. The number of fused-ring (bicyclic) bond motifs is 1. The van der Waals surface area contributed by atoms with E-state index in [0.29, 0.717) is 17.2 Å². The van der Waals surface area contributed by atoms with Gasteiger partial charge in [0.15, 0.2) is 11.5 Å². The molecule has 1 aliphatic carbocycles. The number of aliphatic carboxylic acids is 1. The Hall–Kier alpha value is -3.67. The largest absolute Gasteiger partial charge is 0.497 e. The molecule has 3 aromatic carbocycles. The van der Waals surface area contributed by atoms with E-state index >= 15 is 0 Å². The maximum absolute atomic E-state index is 12.7. The topological polar surface area (TPSA) is 74.2 Å². The van der Waals surface area contributed by atoms with Crippen molar-refractivity contribution in [2.24, 2.45) is 5.92 Å². The number of carboxylic acids is 1. The average Bonchev–Trinajstić information content (AvgIpc) is 3.18. The van der Waals surface area contributed by atoms with Crippen LogP contribution in [0.3, 0.4) is 0 Å². The van der Waals surface area contributed by atoms with Gasteiger partial charge in [0, 0.05) is 11.8 Å². The highest BCUT2D eigenvalue weighted by Crippen LogP contribution is 2.54. The summed E-state index contributed by atoms with van der Waals surface area (Å²) in [6.07, 6.45) is 0. The SMILES string of the molecule is COc1ccc(C2c3ccccc3C(c3cc(OC)c(OC)c(OC)c3)C2C(=O)O)cc1. The van der Waals surface area contributed by atoms with Gasteiger partial charge in [-0.3, -0.25) is 4.79 Å². The van der Waals surface area contributed by atoms with E-state index in [2.05, 4.69) is 0 Å². The van der Waals surface area contributed by atoms with E-state index in [0.717, 1.165) is 28.0 Å². The van der Waals surface area contributed by atoms with Crippen LogP contribution in [-0.2, 0) is 4.79 Å². The molecule has 32 heavy (non-hydrogen) atoms. The third kappa shape index (κ3) is 3.51. The maximum atomic E-state index is 12.7. The van der Waals surface area contributed by atoms with Gasteiger partial charge in [0.25, 0.3) is 0 Å². The maximum Gasteiger partial charge on any atom is 0.308 e. The van der Waals surface area contributed by atoms with Crippen LogP contribution < -0.4 is 18.9 Å². The minimum atomic E-state index is -0.860. The van der Waals surface area contributed by atoms with Gasteiger partial charge in [0.1, 0.15) is 5.75 Å². The summed E-state index contributed by atoms with van der Waals surface area (Å²) < 4.78 is 21.8. The summed E-state index contributed by atoms with van der Waals surface area (Å²) in [5.74, 6) is -0.0583. The Labute approximate surface area is 187 Å². The Balaban J connectivity index is 1.92. The van der Waals surface area contributed by atoms with Crippen LogP contribution in [-0.4, -0.2) is 39.5 Å². The Bertz CT molecular complexity index is 1100. The lowest BCUT2D eigenvalue weighted by Gasteiger charge is -2.24. The van der Waals surface area contributed by atoms with Crippen LogP contribution in [0.1, 0.15) is 34.1 Å². The molecule has 6 heteroatoms. The molecular weight excluding hydrogens is 408 g/mol. The zero-order valence-corrected chi connectivity index (χ0v) is 18.5. The van der Waals surface area contributed by atoms with Crippen molar-refractivity contribution < 1.29 is 28.8 Å². The van der Waals surface area contributed by atoms with Gasteiger partial charge in [-0.1, -0.05) is 36.4 Å². The van der Waals surface area contributed by atoms with Gasteiger partial charge in [0.05, 0.1) is 34.4 Å². The average molecular weight is 434 g/mol. The molecule has 0 bridgehead atoms. The Kier molecular flexibility index (Phi) is 5.95. The monoisotopic (exact) mass is 434 g/mol. The standard InChI is InChI=1S/C26H26O6/c1-29-17-11-9-15(10-12-17)22-18-7-5-6-8-19(18)23(24(22)26(27)28)16-13-20(30-2)25(32-4)21(14-16)31-3/h5-14,22-24H,1-4H3,(H,27,28). The Morgan fingerprint density at radius 2 is 1.25 bits per heavy atom. The van der Waals surface area contributed by atoms with Gasteiger partial charge in [-0.15, -0.1) is 0 Å². The van der Waals surface area contributed by atoms with Gasteiger partial charge >= 0.3 is 5.97 Å². The molecule has 4 rings (SSSR count). The van der Waals surface area contributed by atoms with Crippen molar-refractivity contribution in [3.8, 4) is 23.0 Å². The van der Waals surface area contributed by atoms with Gasteiger partial charge in [-0.2, -0.15) is 0 Å². The summed E-state index contributed by atoms with van der Waals surface area (Å²) in [5, 5.41) is 10.4. The zero-order valence-electron chi connectivity index (χ0n) is 18.5. The first-order chi connectivity index (χ1) is 15.5. The van der Waals surface area contributed by atoms with Crippen molar-refractivity contribution in [3.63, 3.8) is 0 Å². The van der Waals surface area contributed by atoms with E-state index < -0.39 is 11.9 Å². The van der Waals surface area contributed by atoms with Gasteiger partial charge < -0.3 is 24.1 Å². The molecule has 0 radical (unpaired) electrons. The summed E-state index contributed by atoms with van der Waals surface area (Å²) in [6.45, 7) is 0. The molecular formula is C26H26O6. The molecule has 6 nitrogen and oxygen atoms in total. The molecule has 3 atom stereocenters. The van der Waals surface area contributed by atoms with Crippen LogP contribution >= 0.6 is 0 Å². The predicted octanol–water partition coefficient (Wildman–Crippen LogP) is 4.70. The summed E-state index contributed by atoms with van der Waals surface area (Å²) >= 11 is 0. The van der Waals surface area contributed by atoms with Crippen molar-refractivity contribution in [3.05, 3.63) is 82.9 Å². The number of carbonyl (C=O) groups is 1. The van der Waals surface area contributed by atoms with E-state index in [-0.39, 0.29) is 11.8 Å². The molecule has 166 valence electrons. The minimum absolute atomic E-state index is 0.307. The van der Waals surface area contributed by atoms with Crippen LogP contribution in [0.25, 0.3) is 0 Å². The van der Waals surface area contributed by atoms with Crippen molar-refractivity contribution in [1.82, 2.24) is 0 Å². The third-order valence-corrected chi connectivity index (χ3v) is 6.19. The second-order valence-corrected chi connectivity index (χ2v) is 7.68. The first kappa shape index (κ1) is 21.6.